The van der Waals surface area contributed by atoms with E-state index in [2.05, 4.69) is 34.7 Å². The summed E-state index contributed by atoms with van der Waals surface area (Å²) in [5, 5.41) is 0. The van der Waals surface area contributed by atoms with Crippen LogP contribution in [-0.2, 0) is 31.6 Å². The molecule has 1 aliphatic heterocycles. The summed E-state index contributed by atoms with van der Waals surface area (Å²) in [6, 6.07) is 0. The number of aromatic nitrogens is 4. The van der Waals surface area contributed by atoms with Gasteiger partial charge in [0.25, 0.3) is 5.56 Å². The third kappa shape index (κ3) is 6.07. The third-order valence-corrected chi connectivity index (χ3v) is 8.91. The van der Waals surface area contributed by atoms with Crippen LogP contribution in [0.15, 0.2) is 23.8 Å². The minimum Gasteiger partial charge on any atom is -0.369 e. The lowest BCUT2D eigenvalue weighted by Gasteiger charge is -2.31. The molecule has 1 fully saturated rings. The van der Waals surface area contributed by atoms with Crippen molar-refractivity contribution in [2.45, 2.75) is 18.0 Å². The number of nitrogens with zero attached hydrogens (tertiary/aromatic N) is 3. The van der Waals surface area contributed by atoms with E-state index < -0.39 is 65.4 Å². The van der Waals surface area contributed by atoms with Crippen molar-refractivity contribution in [1.29, 1.82) is 0 Å². The summed E-state index contributed by atoms with van der Waals surface area (Å²) >= 11 is 5.97. The van der Waals surface area contributed by atoms with Crippen molar-refractivity contribution in [3.8, 4) is 0 Å². The quantitative estimate of drug-likeness (QED) is 0.128. The van der Waals surface area contributed by atoms with Crippen LogP contribution >= 0.6 is 35.1 Å². The second-order valence-corrected chi connectivity index (χ2v) is 11.7. The van der Waals surface area contributed by atoms with Gasteiger partial charge in [0.05, 0.1) is 18.8 Å². The highest BCUT2D eigenvalue weighted by Crippen LogP contribution is 2.66. The van der Waals surface area contributed by atoms with Crippen molar-refractivity contribution in [3.05, 3.63) is 29.3 Å². The number of aromatic amines is 1. The molecule has 0 amide bonds. The largest absolute Gasteiger partial charge is 0.490 e. The molecule has 0 saturated carbocycles. The Labute approximate surface area is 199 Å². The van der Waals surface area contributed by atoms with E-state index in [0.717, 1.165) is 17.0 Å². The number of phosphoric ester groups is 1. The minimum atomic E-state index is -5.78. The molecule has 0 aromatic carbocycles. The normalized spacial score (nSPS) is 28.6. The molecule has 0 bridgehead atoms. The zero-order valence-corrected chi connectivity index (χ0v) is 20.5. The Balaban J connectivity index is 1.88. The fourth-order valence-electron chi connectivity index (χ4n) is 3.32. The summed E-state index contributed by atoms with van der Waals surface area (Å²) in [7, 11) is -17.0. The molecule has 35 heavy (non-hydrogen) atoms. The molecule has 1 aliphatic rings. The molecule has 2 unspecified atom stereocenters. The van der Waals surface area contributed by atoms with Crippen LogP contribution in [0.2, 0.25) is 0 Å². The lowest BCUT2D eigenvalue weighted by atomic mass is 9.88. The van der Waals surface area contributed by atoms with E-state index in [1.807, 2.05) is 0 Å². The maximum absolute atomic E-state index is 15.4. The highest BCUT2D eigenvalue weighted by Gasteiger charge is 2.56. The van der Waals surface area contributed by atoms with E-state index in [-0.39, 0.29) is 17.1 Å². The molecule has 0 aliphatic carbocycles. The molecule has 2 aromatic rings. The van der Waals surface area contributed by atoms with Gasteiger partial charge < -0.3 is 30.0 Å². The standard InChI is InChI=1S/C13H18ClFN5O12P3/c1-2-6-7(15)11(20-5-17-8-9(20)18-12(16)19-10(8)21)30-13(6,3-14)4-29-34(25,26)32-35(27,28)31-33(22,23)24/h2,5-7,11H,1,3-4H2,(H,25,26)(H,27,28)(H2,22,23,24)(H3,16,18,19,21)/t6-,7+,11+,13+/m0/s1. The highest BCUT2D eigenvalue weighted by molar-refractivity contribution is 7.66. The van der Waals surface area contributed by atoms with Crippen LogP contribution in [0.3, 0.4) is 0 Å². The topological polar surface area (TPSA) is 259 Å². The molecule has 22 heteroatoms. The fraction of sp³-hybridized carbons (Fsp3) is 0.462. The summed E-state index contributed by atoms with van der Waals surface area (Å²) in [5.74, 6) is -2.21. The summed E-state index contributed by atoms with van der Waals surface area (Å²) in [6.07, 6.45) is -1.42. The van der Waals surface area contributed by atoms with Gasteiger partial charge in [-0.05, 0) is 0 Å². The second kappa shape index (κ2) is 9.74. The van der Waals surface area contributed by atoms with E-state index in [4.69, 9.17) is 31.9 Å². The smallest absolute Gasteiger partial charge is 0.369 e. The predicted molar refractivity (Wildman–Crippen MR) is 115 cm³/mol. The number of hydrogen-bond donors (Lipinski definition) is 6. The Kier molecular flexibility index (Phi) is 7.81. The van der Waals surface area contributed by atoms with E-state index in [1.165, 1.54) is 0 Å². The summed E-state index contributed by atoms with van der Waals surface area (Å²) < 4.78 is 68.4. The summed E-state index contributed by atoms with van der Waals surface area (Å²) in [4.78, 5) is 58.2. The van der Waals surface area contributed by atoms with Gasteiger partial charge in [0.1, 0.15) is 5.60 Å². The molecule has 6 atom stereocenters. The first kappa shape index (κ1) is 28.1. The molecule has 0 spiro atoms. The van der Waals surface area contributed by atoms with Gasteiger partial charge in [-0.1, -0.05) is 6.08 Å². The lowest BCUT2D eigenvalue weighted by Crippen LogP contribution is -2.43. The van der Waals surface area contributed by atoms with Crippen LogP contribution in [-0.4, -0.2) is 63.4 Å². The Hall–Kier alpha value is -1.52. The number of ether oxygens (including phenoxy) is 1. The Morgan fingerprint density at radius 3 is 2.54 bits per heavy atom. The van der Waals surface area contributed by atoms with Crippen LogP contribution < -0.4 is 11.3 Å². The Bertz CT molecular complexity index is 1330. The van der Waals surface area contributed by atoms with Crippen molar-refractivity contribution in [2.75, 3.05) is 18.2 Å². The lowest BCUT2D eigenvalue weighted by molar-refractivity contribution is -0.0941. The van der Waals surface area contributed by atoms with Gasteiger partial charge in [-0.3, -0.25) is 18.9 Å². The van der Waals surface area contributed by atoms with Gasteiger partial charge >= 0.3 is 23.5 Å². The van der Waals surface area contributed by atoms with Gasteiger partial charge in [-0.15, -0.1) is 18.2 Å². The molecular formula is C13H18ClFN5O12P3. The molecule has 0 radical (unpaired) electrons. The van der Waals surface area contributed by atoms with Crippen molar-refractivity contribution in [2.24, 2.45) is 5.92 Å². The minimum absolute atomic E-state index is 0.153. The van der Waals surface area contributed by atoms with Crippen molar-refractivity contribution < 1.29 is 55.5 Å². The van der Waals surface area contributed by atoms with Crippen LogP contribution in [0.4, 0.5) is 10.3 Å². The molecule has 3 rings (SSSR count). The van der Waals surface area contributed by atoms with E-state index >= 15 is 4.39 Å². The van der Waals surface area contributed by atoms with E-state index in [0.29, 0.717) is 0 Å². The van der Waals surface area contributed by atoms with Crippen molar-refractivity contribution in [3.63, 3.8) is 0 Å². The Morgan fingerprint density at radius 1 is 1.31 bits per heavy atom. The fourth-order valence-corrected chi connectivity index (χ4v) is 6.71. The number of imidazole rings is 1. The molecular weight excluding hydrogens is 566 g/mol. The number of nitrogens with one attached hydrogen (secondary N) is 1. The average Bonchev–Trinajstić information content (AvgIpc) is 3.22. The maximum atomic E-state index is 15.4. The SMILES string of the molecule is C=C[C@H]1[C@@H](F)[C@H](n2cnc3c(=O)[nH]c(N)nc32)O[C@]1(CCl)COP(=O)(O)OP(=O)(O)OP(=O)(O)O. The highest BCUT2D eigenvalue weighted by atomic mass is 35.5. The third-order valence-electron chi connectivity index (χ3n) is 4.67. The number of hydrogen-bond acceptors (Lipinski definition) is 11. The average molecular weight is 584 g/mol. The predicted octanol–water partition coefficient (Wildman–Crippen LogP) is 0.692. The van der Waals surface area contributed by atoms with Gasteiger partial charge in [0, 0.05) is 5.92 Å². The first-order valence-corrected chi connectivity index (χ1v) is 14.1. The van der Waals surface area contributed by atoms with Gasteiger partial charge in [-0.2, -0.15) is 13.6 Å². The van der Waals surface area contributed by atoms with Crippen LogP contribution in [0.5, 0.6) is 0 Å². The molecule has 7 N–H and O–H groups in total. The second-order valence-electron chi connectivity index (χ2n) is 7.05. The zero-order chi connectivity index (χ0) is 26.4. The molecule has 2 aromatic heterocycles. The van der Waals surface area contributed by atoms with Crippen LogP contribution in [0, 0.1) is 5.92 Å². The number of nitrogen functional groups attached to an aromatic ring is 1. The molecule has 17 nitrogen and oxygen atoms in total. The monoisotopic (exact) mass is 583 g/mol. The number of anilines is 1. The number of fused-ring (bicyclic) bond motifs is 1. The first-order valence-electron chi connectivity index (χ1n) is 9.04. The van der Waals surface area contributed by atoms with Crippen molar-refractivity contribution in [1.82, 2.24) is 19.5 Å². The van der Waals surface area contributed by atoms with Crippen LogP contribution in [0.25, 0.3) is 11.2 Å². The first-order chi connectivity index (χ1) is 16.0. The number of phosphoric acid groups is 3. The summed E-state index contributed by atoms with van der Waals surface area (Å²) in [5.41, 5.74) is 2.53. The maximum Gasteiger partial charge on any atom is 0.490 e. The van der Waals surface area contributed by atoms with Gasteiger partial charge in [0.2, 0.25) is 5.95 Å². The number of nitrogens with two attached hydrogens (primary N) is 1. The number of alkyl halides is 2. The number of rotatable bonds is 10. The Morgan fingerprint density at radius 2 is 1.97 bits per heavy atom. The van der Waals surface area contributed by atoms with Crippen molar-refractivity contribution >= 4 is 52.2 Å². The van der Waals surface area contributed by atoms with Gasteiger partial charge in [0.15, 0.2) is 23.6 Å². The van der Waals surface area contributed by atoms with Gasteiger partial charge in [-0.25, -0.2) is 23.1 Å². The summed E-state index contributed by atoms with van der Waals surface area (Å²) in [6.45, 7) is 2.44. The zero-order valence-electron chi connectivity index (χ0n) is 17.1. The van der Waals surface area contributed by atoms with E-state index in [1.54, 1.807) is 0 Å². The van der Waals surface area contributed by atoms with Crippen LogP contribution in [0.1, 0.15) is 6.23 Å². The number of H-pyrrole nitrogens is 1. The van der Waals surface area contributed by atoms with E-state index in [9.17, 15) is 28.3 Å². The molecule has 3 heterocycles. The number of halogens is 2. The molecule has 1 saturated heterocycles. The molecule has 196 valence electrons.